The summed E-state index contributed by atoms with van der Waals surface area (Å²) in [4.78, 5) is 11.9. The average molecular weight is 375 g/mol. The van der Waals surface area contributed by atoms with Crippen molar-refractivity contribution in [3.63, 3.8) is 0 Å². The van der Waals surface area contributed by atoms with E-state index in [1.54, 1.807) is 12.1 Å². The molecule has 2 aromatic carbocycles. The minimum absolute atomic E-state index is 0.0391. The van der Waals surface area contributed by atoms with Gasteiger partial charge in [-0.15, -0.1) is 0 Å². The summed E-state index contributed by atoms with van der Waals surface area (Å²) in [7, 11) is -3.72. The van der Waals surface area contributed by atoms with E-state index in [1.807, 2.05) is 30.3 Å². The van der Waals surface area contributed by atoms with Crippen molar-refractivity contribution in [2.24, 2.45) is 5.14 Å². The summed E-state index contributed by atoms with van der Waals surface area (Å²) in [6.45, 7) is 0.238. The smallest absolute Gasteiger partial charge is 0.407 e. The highest BCUT2D eigenvalue weighted by atomic mass is 32.2. The van der Waals surface area contributed by atoms with Crippen molar-refractivity contribution in [2.75, 3.05) is 5.32 Å². The molecular weight excluding hydrogens is 354 g/mol. The zero-order chi connectivity index (χ0) is 18.6. The van der Waals surface area contributed by atoms with Gasteiger partial charge in [-0.3, -0.25) is 0 Å². The summed E-state index contributed by atoms with van der Waals surface area (Å²) in [6, 6.07) is 16.1. The summed E-state index contributed by atoms with van der Waals surface area (Å²) in [5.41, 5.74) is 1.62. The molecule has 0 bridgehead atoms. The zero-order valence-corrected chi connectivity index (χ0v) is 14.9. The van der Waals surface area contributed by atoms with Crippen molar-refractivity contribution in [2.45, 2.75) is 36.4 Å². The Labute approximate surface area is 152 Å². The Kier molecular flexibility index (Phi) is 5.43. The normalized spacial score (nSPS) is 19.3. The van der Waals surface area contributed by atoms with Crippen LogP contribution in [-0.4, -0.2) is 26.6 Å². The highest BCUT2D eigenvalue weighted by Crippen LogP contribution is 2.25. The first kappa shape index (κ1) is 18.2. The van der Waals surface area contributed by atoms with Gasteiger partial charge in [0, 0.05) is 17.8 Å². The van der Waals surface area contributed by atoms with E-state index in [1.165, 1.54) is 12.1 Å². The SMILES string of the molecule is NS(=O)(=O)c1cccc(NC2CC(NC(=O)OCc3ccccc3)C2)c1. The first-order valence-corrected chi connectivity index (χ1v) is 9.81. The minimum atomic E-state index is -3.72. The van der Waals surface area contributed by atoms with Crippen molar-refractivity contribution < 1.29 is 17.9 Å². The third-order valence-electron chi connectivity index (χ3n) is 4.21. The van der Waals surface area contributed by atoms with Crippen molar-refractivity contribution >= 4 is 21.8 Å². The van der Waals surface area contributed by atoms with Crippen molar-refractivity contribution in [3.05, 3.63) is 60.2 Å². The molecule has 4 N–H and O–H groups in total. The molecule has 0 atom stereocenters. The monoisotopic (exact) mass is 375 g/mol. The van der Waals surface area contributed by atoms with Gasteiger partial charge in [0.2, 0.25) is 10.0 Å². The zero-order valence-electron chi connectivity index (χ0n) is 14.1. The molecule has 0 saturated heterocycles. The largest absolute Gasteiger partial charge is 0.445 e. The van der Waals surface area contributed by atoms with E-state index in [4.69, 9.17) is 9.88 Å². The molecule has 0 unspecified atom stereocenters. The van der Waals surface area contributed by atoms with Gasteiger partial charge in [0.25, 0.3) is 0 Å². The first-order valence-electron chi connectivity index (χ1n) is 8.27. The molecule has 1 aliphatic rings. The highest BCUT2D eigenvalue weighted by Gasteiger charge is 2.30. The number of nitrogens with two attached hydrogens (primary N) is 1. The van der Waals surface area contributed by atoms with Crippen LogP contribution in [0.1, 0.15) is 18.4 Å². The number of rotatable bonds is 6. The number of primary sulfonamides is 1. The fourth-order valence-corrected chi connectivity index (χ4v) is 3.34. The number of nitrogens with one attached hydrogen (secondary N) is 2. The number of anilines is 1. The lowest BCUT2D eigenvalue weighted by Gasteiger charge is -2.36. The lowest BCUT2D eigenvalue weighted by atomic mass is 9.86. The van der Waals surface area contributed by atoms with Gasteiger partial charge in [0.15, 0.2) is 0 Å². The van der Waals surface area contributed by atoms with Crippen molar-refractivity contribution in [3.8, 4) is 0 Å². The Morgan fingerprint density at radius 2 is 1.81 bits per heavy atom. The van der Waals surface area contributed by atoms with E-state index in [-0.39, 0.29) is 23.6 Å². The van der Waals surface area contributed by atoms with E-state index in [0.29, 0.717) is 5.69 Å². The van der Waals surface area contributed by atoms with Crippen LogP contribution in [0, 0.1) is 0 Å². The van der Waals surface area contributed by atoms with Crippen LogP contribution in [0.5, 0.6) is 0 Å². The molecule has 0 radical (unpaired) electrons. The summed E-state index contributed by atoms with van der Waals surface area (Å²) < 4.78 is 28.0. The van der Waals surface area contributed by atoms with E-state index < -0.39 is 16.1 Å². The van der Waals surface area contributed by atoms with Crippen molar-refractivity contribution in [1.29, 1.82) is 0 Å². The Morgan fingerprint density at radius 3 is 2.50 bits per heavy atom. The van der Waals surface area contributed by atoms with Gasteiger partial charge in [-0.25, -0.2) is 18.4 Å². The van der Waals surface area contributed by atoms with Gasteiger partial charge >= 0.3 is 6.09 Å². The summed E-state index contributed by atoms with van der Waals surface area (Å²) in [6.07, 6.45) is 1.04. The summed E-state index contributed by atoms with van der Waals surface area (Å²) in [5.74, 6) is 0. The fourth-order valence-electron chi connectivity index (χ4n) is 2.78. The fraction of sp³-hybridized carbons (Fsp3) is 0.278. The van der Waals surface area contributed by atoms with Crippen LogP contribution >= 0.6 is 0 Å². The van der Waals surface area contributed by atoms with Crippen molar-refractivity contribution in [1.82, 2.24) is 5.32 Å². The van der Waals surface area contributed by atoms with Crippen LogP contribution in [0.4, 0.5) is 10.5 Å². The Hall–Kier alpha value is -2.58. The van der Waals surface area contributed by atoms with Crippen LogP contribution in [0.15, 0.2) is 59.5 Å². The molecule has 0 spiro atoms. The molecule has 1 fully saturated rings. The molecule has 26 heavy (non-hydrogen) atoms. The van der Waals surface area contributed by atoms with E-state index in [9.17, 15) is 13.2 Å². The Bertz CT molecular complexity index is 865. The molecule has 1 amide bonds. The molecular formula is C18H21N3O4S. The lowest BCUT2D eigenvalue weighted by Crippen LogP contribution is -2.49. The van der Waals surface area contributed by atoms with Gasteiger partial charge < -0.3 is 15.4 Å². The lowest BCUT2D eigenvalue weighted by molar-refractivity contribution is 0.129. The van der Waals surface area contributed by atoms with Gasteiger partial charge in [0.05, 0.1) is 4.90 Å². The standard InChI is InChI=1S/C18H21N3O4S/c19-26(23,24)17-8-4-7-14(11-17)20-15-9-16(10-15)21-18(22)25-12-13-5-2-1-3-6-13/h1-8,11,15-16,20H,9-10,12H2,(H,21,22)(H2,19,23,24). The molecule has 0 heterocycles. The Morgan fingerprint density at radius 1 is 1.08 bits per heavy atom. The molecule has 1 saturated carbocycles. The number of alkyl carbamates (subject to hydrolysis) is 1. The van der Waals surface area contributed by atoms with E-state index in [2.05, 4.69) is 10.6 Å². The number of carbonyl (C=O) groups excluding carboxylic acids is 1. The third-order valence-corrected chi connectivity index (χ3v) is 5.12. The van der Waals surface area contributed by atoms with Crippen LogP contribution < -0.4 is 15.8 Å². The third kappa shape index (κ3) is 4.96. The van der Waals surface area contributed by atoms with Crippen LogP contribution in [0.3, 0.4) is 0 Å². The number of hydrogen-bond donors (Lipinski definition) is 3. The topological polar surface area (TPSA) is 111 Å². The number of ether oxygens (including phenoxy) is 1. The Balaban J connectivity index is 1.41. The first-order chi connectivity index (χ1) is 12.4. The van der Waals surface area contributed by atoms with Gasteiger partial charge in [-0.05, 0) is 36.6 Å². The maximum atomic E-state index is 11.8. The minimum Gasteiger partial charge on any atom is -0.445 e. The quantitative estimate of drug-likeness (QED) is 0.717. The van der Waals surface area contributed by atoms with E-state index >= 15 is 0 Å². The van der Waals surface area contributed by atoms with Gasteiger partial charge in [-0.2, -0.15) is 0 Å². The van der Waals surface area contributed by atoms with Crippen LogP contribution in [0.2, 0.25) is 0 Å². The summed E-state index contributed by atoms with van der Waals surface area (Å²) >= 11 is 0. The second-order valence-corrected chi connectivity index (χ2v) is 7.85. The second kappa shape index (κ2) is 7.76. The second-order valence-electron chi connectivity index (χ2n) is 6.29. The number of amides is 1. The molecule has 3 rings (SSSR count). The number of sulfonamides is 1. The maximum Gasteiger partial charge on any atom is 0.407 e. The predicted octanol–water partition coefficient (Wildman–Crippen LogP) is 2.20. The van der Waals surface area contributed by atoms with Crippen LogP contribution in [0.25, 0.3) is 0 Å². The number of hydrogen-bond acceptors (Lipinski definition) is 5. The molecule has 2 aromatic rings. The molecule has 1 aliphatic carbocycles. The molecule has 8 heteroatoms. The predicted molar refractivity (Wildman–Crippen MR) is 98.0 cm³/mol. The molecule has 7 nitrogen and oxygen atoms in total. The molecule has 138 valence electrons. The maximum absolute atomic E-state index is 11.8. The number of benzene rings is 2. The number of carbonyl (C=O) groups is 1. The van der Waals surface area contributed by atoms with Gasteiger partial charge in [0.1, 0.15) is 6.61 Å². The summed E-state index contributed by atoms with van der Waals surface area (Å²) in [5, 5.41) is 11.2. The highest BCUT2D eigenvalue weighted by molar-refractivity contribution is 7.89. The average Bonchev–Trinajstić information content (AvgIpc) is 2.58. The van der Waals surface area contributed by atoms with E-state index in [0.717, 1.165) is 18.4 Å². The van der Waals surface area contributed by atoms with Crippen LogP contribution in [-0.2, 0) is 21.4 Å². The molecule has 0 aromatic heterocycles. The van der Waals surface area contributed by atoms with Gasteiger partial charge in [-0.1, -0.05) is 36.4 Å². The molecule has 0 aliphatic heterocycles.